The van der Waals surface area contributed by atoms with Crippen molar-refractivity contribution in [1.82, 2.24) is 4.90 Å². The van der Waals surface area contributed by atoms with Gasteiger partial charge >= 0.3 is 5.97 Å². The second-order valence-electron chi connectivity index (χ2n) is 5.17. The van der Waals surface area contributed by atoms with Crippen LogP contribution in [0.4, 0.5) is 0 Å². The Morgan fingerprint density at radius 2 is 2.18 bits per heavy atom. The quantitative estimate of drug-likeness (QED) is 0.708. The van der Waals surface area contributed by atoms with E-state index >= 15 is 0 Å². The molecule has 1 saturated carbocycles. The van der Waals surface area contributed by atoms with Crippen molar-refractivity contribution in [3.05, 3.63) is 0 Å². The van der Waals surface area contributed by atoms with E-state index in [1.807, 2.05) is 6.92 Å². The van der Waals surface area contributed by atoms with Gasteiger partial charge in [0.2, 0.25) is 0 Å². The van der Waals surface area contributed by atoms with Gasteiger partial charge in [0.15, 0.2) is 0 Å². The molecule has 0 saturated heterocycles. The van der Waals surface area contributed by atoms with Crippen LogP contribution in [0.15, 0.2) is 0 Å². The van der Waals surface area contributed by atoms with E-state index in [2.05, 4.69) is 18.7 Å². The summed E-state index contributed by atoms with van der Waals surface area (Å²) in [7, 11) is 1.66. The Morgan fingerprint density at radius 3 is 2.53 bits per heavy atom. The molecule has 100 valence electrons. The third-order valence-corrected chi connectivity index (χ3v) is 4.06. The average Bonchev–Trinajstić information content (AvgIpc) is 3.12. The summed E-state index contributed by atoms with van der Waals surface area (Å²) in [5, 5.41) is 9.57. The molecule has 0 aromatic heterocycles. The molecule has 0 heterocycles. The minimum atomic E-state index is -0.728. The van der Waals surface area contributed by atoms with E-state index < -0.39 is 11.5 Å². The zero-order valence-electron chi connectivity index (χ0n) is 11.4. The highest BCUT2D eigenvalue weighted by molar-refractivity contribution is 5.79. The molecule has 0 aromatic rings. The number of hydrogen-bond donors (Lipinski definition) is 1. The lowest BCUT2D eigenvalue weighted by Crippen LogP contribution is -2.58. The van der Waals surface area contributed by atoms with Crippen LogP contribution in [-0.2, 0) is 9.53 Å². The molecule has 1 aliphatic carbocycles. The maximum atomic E-state index is 11.6. The van der Waals surface area contributed by atoms with Crippen LogP contribution in [0.2, 0.25) is 0 Å². The van der Waals surface area contributed by atoms with Gasteiger partial charge in [-0.15, -0.1) is 0 Å². The van der Waals surface area contributed by atoms with E-state index in [0.717, 1.165) is 19.3 Å². The fourth-order valence-corrected chi connectivity index (χ4v) is 2.50. The van der Waals surface area contributed by atoms with Crippen LogP contribution in [0.25, 0.3) is 0 Å². The maximum Gasteiger partial charge on any atom is 0.324 e. The van der Waals surface area contributed by atoms with Crippen LogP contribution in [0, 0.1) is 5.92 Å². The molecule has 0 radical (unpaired) electrons. The molecule has 1 N–H and O–H groups in total. The summed E-state index contributed by atoms with van der Waals surface area (Å²) in [5.74, 6) is -0.401. The summed E-state index contributed by atoms with van der Waals surface area (Å²) in [6, 6.07) is 0.270. The molecule has 0 amide bonds. The summed E-state index contributed by atoms with van der Waals surface area (Å²) >= 11 is 0. The van der Waals surface area contributed by atoms with Crippen molar-refractivity contribution in [3.63, 3.8) is 0 Å². The number of aliphatic carboxylic acids is 1. The van der Waals surface area contributed by atoms with Gasteiger partial charge in [0, 0.05) is 19.7 Å². The van der Waals surface area contributed by atoms with Crippen LogP contribution in [-0.4, -0.2) is 47.8 Å². The van der Waals surface area contributed by atoms with Gasteiger partial charge in [0.25, 0.3) is 0 Å². The highest BCUT2D eigenvalue weighted by Crippen LogP contribution is 2.44. The van der Waals surface area contributed by atoms with Crippen molar-refractivity contribution in [3.8, 4) is 0 Å². The van der Waals surface area contributed by atoms with E-state index in [1.165, 1.54) is 0 Å². The number of rotatable bonds is 8. The van der Waals surface area contributed by atoms with Gasteiger partial charge in [-0.2, -0.15) is 0 Å². The van der Waals surface area contributed by atoms with Crippen molar-refractivity contribution in [2.45, 2.75) is 51.6 Å². The minimum Gasteiger partial charge on any atom is -0.480 e. The lowest BCUT2D eigenvalue weighted by molar-refractivity contribution is -0.154. The molecule has 1 aliphatic rings. The first-order valence-electron chi connectivity index (χ1n) is 6.47. The summed E-state index contributed by atoms with van der Waals surface area (Å²) < 4.78 is 5.11. The fourth-order valence-electron chi connectivity index (χ4n) is 2.50. The van der Waals surface area contributed by atoms with Crippen LogP contribution in [0.1, 0.15) is 40.0 Å². The summed E-state index contributed by atoms with van der Waals surface area (Å²) in [6.07, 6.45) is 3.02. The highest BCUT2D eigenvalue weighted by atomic mass is 16.5. The maximum absolute atomic E-state index is 11.6. The Kier molecular flexibility index (Phi) is 4.95. The molecule has 2 atom stereocenters. The molecule has 17 heavy (non-hydrogen) atoms. The lowest BCUT2D eigenvalue weighted by Gasteiger charge is -2.42. The highest BCUT2D eigenvalue weighted by Gasteiger charge is 2.52. The molecule has 4 nitrogen and oxygen atoms in total. The van der Waals surface area contributed by atoms with E-state index in [4.69, 9.17) is 4.74 Å². The first kappa shape index (κ1) is 14.5. The van der Waals surface area contributed by atoms with E-state index in [1.54, 1.807) is 7.11 Å². The summed E-state index contributed by atoms with van der Waals surface area (Å²) in [5.41, 5.74) is -0.728. The summed E-state index contributed by atoms with van der Waals surface area (Å²) in [4.78, 5) is 13.8. The van der Waals surface area contributed by atoms with Crippen molar-refractivity contribution in [1.29, 1.82) is 0 Å². The topological polar surface area (TPSA) is 49.8 Å². The third-order valence-electron chi connectivity index (χ3n) is 4.06. The minimum absolute atomic E-state index is 0.270. The number of carboxylic acids is 1. The van der Waals surface area contributed by atoms with E-state index in [-0.39, 0.29) is 6.04 Å². The molecule has 1 rings (SSSR count). The van der Waals surface area contributed by atoms with Gasteiger partial charge < -0.3 is 9.84 Å². The third kappa shape index (κ3) is 2.99. The second-order valence-corrected chi connectivity index (χ2v) is 5.17. The number of carboxylic acid groups (broad SMARTS) is 1. The molecule has 0 bridgehead atoms. The standard InChI is InChI=1S/C13H25NO3/c1-5-10(2)14(8-9-17-4)13(3,12(15)16)11-6-7-11/h10-11H,5-9H2,1-4H3,(H,15,16). The first-order valence-corrected chi connectivity index (χ1v) is 6.47. The molecule has 0 aromatic carbocycles. The van der Waals surface area contributed by atoms with Crippen LogP contribution in [0.3, 0.4) is 0 Å². The van der Waals surface area contributed by atoms with Crippen molar-refractivity contribution >= 4 is 5.97 Å². The Hall–Kier alpha value is -0.610. The Bertz CT molecular complexity index is 265. The Balaban J connectivity index is 2.87. The predicted octanol–water partition coefficient (Wildman–Crippen LogP) is 1.99. The molecule has 0 spiro atoms. The van der Waals surface area contributed by atoms with Crippen LogP contribution >= 0.6 is 0 Å². The lowest BCUT2D eigenvalue weighted by atomic mass is 9.91. The van der Waals surface area contributed by atoms with Gasteiger partial charge in [0.05, 0.1) is 6.61 Å². The van der Waals surface area contributed by atoms with Gasteiger partial charge in [0.1, 0.15) is 5.54 Å². The van der Waals surface area contributed by atoms with E-state index in [0.29, 0.717) is 19.1 Å². The molecular weight excluding hydrogens is 218 g/mol. The molecular formula is C13H25NO3. The summed E-state index contributed by atoms with van der Waals surface area (Å²) in [6.45, 7) is 7.33. The number of methoxy groups -OCH3 is 1. The van der Waals surface area contributed by atoms with Crippen molar-refractivity contribution in [2.75, 3.05) is 20.3 Å². The van der Waals surface area contributed by atoms with Crippen molar-refractivity contribution < 1.29 is 14.6 Å². The Labute approximate surface area is 104 Å². The van der Waals surface area contributed by atoms with Crippen LogP contribution < -0.4 is 0 Å². The zero-order valence-corrected chi connectivity index (χ0v) is 11.4. The number of carbonyl (C=O) groups is 1. The zero-order chi connectivity index (χ0) is 13.1. The number of hydrogen-bond acceptors (Lipinski definition) is 3. The average molecular weight is 243 g/mol. The normalized spacial score (nSPS) is 21.2. The number of nitrogens with zero attached hydrogens (tertiary/aromatic N) is 1. The predicted molar refractivity (Wildman–Crippen MR) is 67.1 cm³/mol. The second kappa shape index (κ2) is 5.83. The van der Waals surface area contributed by atoms with Gasteiger partial charge in [-0.05, 0) is 39.0 Å². The molecule has 1 fully saturated rings. The molecule has 2 unspecified atom stereocenters. The SMILES string of the molecule is CCC(C)N(CCOC)C(C)(C(=O)O)C1CC1. The monoisotopic (exact) mass is 243 g/mol. The van der Waals surface area contributed by atoms with Gasteiger partial charge in [-0.3, -0.25) is 9.69 Å². The van der Waals surface area contributed by atoms with Gasteiger partial charge in [-0.25, -0.2) is 0 Å². The Morgan fingerprint density at radius 1 is 1.59 bits per heavy atom. The number of ether oxygens (including phenoxy) is 1. The molecule has 0 aliphatic heterocycles. The van der Waals surface area contributed by atoms with E-state index in [9.17, 15) is 9.90 Å². The van der Waals surface area contributed by atoms with Gasteiger partial charge in [-0.1, -0.05) is 6.92 Å². The van der Waals surface area contributed by atoms with Crippen molar-refractivity contribution in [2.24, 2.45) is 5.92 Å². The van der Waals surface area contributed by atoms with Crippen LogP contribution in [0.5, 0.6) is 0 Å². The smallest absolute Gasteiger partial charge is 0.324 e. The fraction of sp³-hybridized carbons (Fsp3) is 0.923. The first-order chi connectivity index (χ1) is 7.98. The largest absolute Gasteiger partial charge is 0.480 e. The molecule has 4 heteroatoms.